The van der Waals surface area contributed by atoms with Gasteiger partial charge in [-0.05, 0) is 90.8 Å². The minimum atomic E-state index is -4.45. The van der Waals surface area contributed by atoms with Crippen molar-refractivity contribution in [1.29, 1.82) is 0 Å². The molecule has 1 saturated carbocycles. The van der Waals surface area contributed by atoms with Crippen molar-refractivity contribution in [3.05, 3.63) is 83.8 Å². The smallest absolute Gasteiger partial charge is 0.307 e. The molecule has 5 rings (SSSR count). The summed E-state index contributed by atoms with van der Waals surface area (Å²) in [6, 6.07) is 12.7. The summed E-state index contributed by atoms with van der Waals surface area (Å²) in [5.74, 6) is -1.17. The third-order valence-electron chi connectivity index (χ3n) is 6.11. The highest BCUT2D eigenvalue weighted by Gasteiger charge is 2.65. The number of alkyl halides is 3. The van der Waals surface area contributed by atoms with Crippen LogP contribution in [0.3, 0.4) is 0 Å². The predicted octanol–water partition coefficient (Wildman–Crippen LogP) is 5.59. The normalized spacial score (nSPS) is 16.4. The van der Waals surface area contributed by atoms with Crippen LogP contribution in [0, 0.1) is 5.82 Å². The van der Waals surface area contributed by atoms with Crippen LogP contribution < -0.4 is 10.2 Å². The maximum absolute atomic E-state index is 13.3. The number of benzene rings is 2. The van der Waals surface area contributed by atoms with Gasteiger partial charge in [0.15, 0.2) is 0 Å². The molecule has 0 radical (unpaired) electrons. The Morgan fingerprint density at radius 2 is 1.70 bits per heavy atom. The number of urea groups is 1. The molecule has 2 aromatic carbocycles. The highest BCUT2D eigenvalue weighted by Crippen LogP contribution is 2.50. The minimum absolute atomic E-state index is 0.0552. The summed E-state index contributed by atoms with van der Waals surface area (Å²) in [5.41, 5.74) is -4.41. The quantitative estimate of drug-likeness (QED) is 0.255. The molecule has 2 fully saturated rings. The number of hydrogen-bond donors (Lipinski definition) is 1. The number of amides is 4. The molecule has 0 bridgehead atoms. The lowest BCUT2D eigenvalue weighted by atomic mass is 10.2. The van der Waals surface area contributed by atoms with Crippen molar-refractivity contribution in [2.45, 2.75) is 35.3 Å². The van der Waals surface area contributed by atoms with E-state index in [1.807, 2.05) is 0 Å². The van der Waals surface area contributed by atoms with Gasteiger partial charge in [0, 0.05) is 23.2 Å². The molecular weight excluding hydrogens is 512 g/mol. The van der Waals surface area contributed by atoms with Gasteiger partial charge in [-0.15, -0.1) is 0 Å². The Labute approximate surface area is 212 Å². The number of nitrogens with zero attached hydrogens (tertiary/aromatic N) is 3. The Kier molecular flexibility index (Phi) is 6.14. The van der Waals surface area contributed by atoms with E-state index in [0.29, 0.717) is 18.4 Å². The van der Waals surface area contributed by atoms with E-state index in [4.69, 9.17) is 0 Å². The van der Waals surface area contributed by atoms with E-state index in [0.717, 1.165) is 17.0 Å². The second kappa shape index (κ2) is 9.18. The number of imide groups is 1. The van der Waals surface area contributed by atoms with Crippen LogP contribution in [0.5, 0.6) is 0 Å². The maximum atomic E-state index is 13.3. The molecule has 2 aliphatic rings. The average molecular weight is 531 g/mol. The Bertz CT molecular complexity index is 1380. The van der Waals surface area contributed by atoms with Crippen molar-refractivity contribution in [3.8, 4) is 0 Å². The van der Waals surface area contributed by atoms with Crippen LogP contribution in [0.15, 0.2) is 71.8 Å². The molecule has 1 saturated heterocycles. The lowest BCUT2D eigenvalue weighted by molar-refractivity contribution is -0.120. The van der Waals surface area contributed by atoms with Crippen LogP contribution in [-0.2, 0) is 11.3 Å². The van der Waals surface area contributed by atoms with Crippen LogP contribution >= 0.6 is 11.8 Å². The molecule has 1 aromatic heterocycles. The number of anilines is 2. The first kappa shape index (κ1) is 24.8. The van der Waals surface area contributed by atoms with E-state index in [1.54, 1.807) is 12.1 Å². The van der Waals surface area contributed by atoms with Crippen molar-refractivity contribution >= 4 is 41.1 Å². The standard InChI is InChI=1S/C25H18F4N4O3S/c26-17-3-1-16(2-4-17)21(34)31-20-13-15(9-12-30-20)14-32-23(36)33(22(35)24(32)10-11-24)18-5-7-19(8-6-18)37-25(27,28)29/h1-9,12-13H,10-11,14H2,(H,30,31,34). The molecule has 2 heterocycles. The lowest BCUT2D eigenvalue weighted by Crippen LogP contribution is -2.36. The molecule has 1 N–H and O–H groups in total. The van der Waals surface area contributed by atoms with E-state index in [-0.39, 0.29) is 40.3 Å². The molecule has 37 heavy (non-hydrogen) atoms. The zero-order chi connectivity index (χ0) is 26.4. The number of thioether (sulfide) groups is 1. The number of aromatic nitrogens is 1. The highest BCUT2D eigenvalue weighted by molar-refractivity contribution is 8.00. The van der Waals surface area contributed by atoms with Gasteiger partial charge in [0.05, 0.1) is 5.69 Å². The van der Waals surface area contributed by atoms with Gasteiger partial charge < -0.3 is 10.2 Å². The zero-order valence-corrected chi connectivity index (χ0v) is 19.8. The predicted molar refractivity (Wildman–Crippen MR) is 127 cm³/mol. The molecule has 0 unspecified atom stereocenters. The SMILES string of the molecule is O=C(Nc1cc(CN2C(=O)N(c3ccc(SC(F)(F)F)cc3)C(=O)C23CC3)ccn1)c1ccc(F)cc1. The second-order valence-electron chi connectivity index (χ2n) is 8.59. The first-order valence-corrected chi connectivity index (χ1v) is 11.9. The van der Waals surface area contributed by atoms with Gasteiger partial charge >= 0.3 is 11.5 Å². The van der Waals surface area contributed by atoms with Crippen molar-refractivity contribution in [1.82, 2.24) is 9.88 Å². The maximum Gasteiger partial charge on any atom is 0.446 e. The van der Waals surface area contributed by atoms with E-state index in [2.05, 4.69) is 10.3 Å². The molecule has 12 heteroatoms. The number of pyridine rings is 1. The number of rotatable bonds is 6. The van der Waals surface area contributed by atoms with Gasteiger partial charge in [-0.2, -0.15) is 13.2 Å². The highest BCUT2D eigenvalue weighted by atomic mass is 32.2. The van der Waals surface area contributed by atoms with Gasteiger partial charge in [-0.25, -0.2) is 19.1 Å². The first-order chi connectivity index (χ1) is 17.6. The monoisotopic (exact) mass is 530 g/mol. The van der Waals surface area contributed by atoms with E-state index < -0.39 is 34.7 Å². The topological polar surface area (TPSA) is 82.6 Å². The Balaban J connectivity index is 1.32. The summed E-state index contributed by atoms with van der Waals surface area (Å²) in [7, 11) is 0. The summed E-state index contributed by atoms with van der Waals surface area (Å²) >= 11 is -0.279. The van der Waals surface area contributed by atoms with Gasteiger partial charge in [0.25, 0.3) is 11.8 Å². The van der Waals surface area contributed by atoms with E-state index in [9.17, 15) is 31.9 Å². The fourth-order valence-corrected chi connectivity index (χ4v) is 4.71. The second-order valence-corrected chi connectivity index (χ2v) is 9.73. The van der Waals surface area contributed by atoms with Crippen LogP contribution in [0.25, 0.3) is 0 Å². The van der Waals surface area contributed by atoms with Crippen LogP contribution in [0.1, 0.15) is 28.8 Å². The van der Waals surface area contributed by atoms with Crippen molar-refractivity contribution in [2.24, 2.45) is 0 Å². The lowest BCUT2D eigenvalue weighted by Gasteiger charge is -2.21. The molecule has 7 nitrogen and oxygen atoms in total. The van der Waals surface area contributed by atoms with Gasteiger partial charge in [-0.3, -0.25) is 9.59 Å². The molecule has 1 aliphatic carbocycles. The molecule has 0 atom stereocenters. The number of carbonyl (C=O) groups excluding carboxylic acids is 3. The van der Waals surface area contributed by atoms with Crippen molar-refractivity contribution < 1.29 is 31.9 Å². The Morgan fingerprint density at radius 1 is 1.03 bits per heavy atom. The molecular formula is C25H18F4N4O3S. The summed E-state index contributed by atoms with van der Waals surface area (Å²) in [4.78, 5) is 45.4. The summed E-state index contributed by atoms with van der Waals surface area (Å²) in [6.45, 7) is 0.0605. The third kappa shape index (κ3) is 5.01. The molecule has 3 aromatic rings. The van der Waals surface area contributed by atoms with E-state index in [1.165, 1.54) is 47.5 Å². The summed E-state index contributed by atoms with van der Waals surface area (Å²) in [6.07, 6.45) is 2.39. The average Bonchev–Trinajstić information content (AvgIpc) is 3.62. The van der Waals surface area contributed by atoms with Gasteiger partial charge in [0.1, 0.15) is 17.2 Å². The minimum Gasteiger partial charge on any atom is -0.307 e. The molecule has 1 spiro atoms. The van der Waals surface area contributed by atoms with Crippen molar-refractivity contribution in [2.75, 3.05) is 10.2 Å². The van der Waals surface area contributed by atoms with Crippen LogP contribution in [0.2, 0.25) is 0 Å². The molecule has 190 valence electrons. The van der Waals surface area contributed by atoms with Crippen molar-refractivity contribution in [3.63, 3.8) is 0 Å². The summed E-state index contributed by atoms with van der Waals surface area (Å²) < 4.78 is 51.0. The van der Waals surface area contributed by atoms with Gasteiger partial charge in [-0.1, -0.05) is 0 Å². The summed E-state index contributed by atoms with van der Waals surface area (Å²) in [5, 5.41) is 2.62. The first-order valence-electron chi connectivity index (χ1n) is 11.1. The number of carbonyl (C=O) groups is 3. The number of nitrogens with one attached hydrogen (secondary N) is 1. The van der Waals surface area contributed by atoms with Crippen LogP contribution in [-0.4, -0.2) is 38.8 Å². The van der Waals surface area contributed by atoms with E-state index >= 15 is 0 Å². The Hall–Kier alpha value is -3.93. The largest absolute Gasteiger partial charge is 0.446 e. The fourth-order valence-electron chi connectivity index (χ4n) is 4.17. The molecule has 1 aliphatic heterocycles. The third-order valence-corrected chi connectivity index (χ3v) is 6.84. The number of halogens is 4. The van der Waals surface area contributed by atoms with Gasteiger partial charge in [0.2, 0.25) is 0 Å². The van der Waals surface area contributed by atoms with Crippen LogP contribution in [0.4, 0.5) is 33.9 Å². The Morgan fingerprint density at radius 3 is 2.32 bits per heavy atom. The fraction of sp³-hybridized carbons (Fsp3) is 0.200. The number of hydrogen-bond acceptors (Lipinski definition) is 5. The molecule has 4 amide bonds. The zero-order valence-electron chi connectivity index (χ0n) is 19.0.